The van der Waals surface area contributed by atoms with Gasteiger partial charge in [0.05, 0.1) is 11.3 Å². The Bertz CT molecular complexity index is 959. The lowest BCUT2D eigenvalue weighted by Crippen LogP contribution is -2.29. The van der Waals surface area contributed by atoms with Crippen molar-refractivity contribution in [3.05, 3.63) is 82.6 Å². The Kier molecular flexibility index (Phi) is 4.04. The largest absolute Gasteiger partial charge is 0.301 e. The number of benzene rings is 2. The number of thiophene rings is 1. The minimum atomic E-state index is -0.463. The van der Waals surface area contributed by atoms with Gasteiger partial charge in [0.25, 0.3) is 11.7 Å². The van der Waals surface area contributed by atoms with Crippen molar-refractivity contribution < 1.29 is 9.59 Å². The molecule has 3 aromatic rings. The van der Waals surface area contributed by atoms with Crippen LogP contribution in [0.15, 0.2) is 71.4 Å². The van der Waals surface area contributed by atoms with E-state index < -0.39 is 11.7 Å². The average Bonchev–Trinajstić information content (AvgIpc) is 3.26. The number of hydrogen-bond donors (Lipinski definition) is 0. The highest BCUT2D eigenvalue weighted by atomic mass is 32.1. The van der Waals surface area contributed by atoms with Crippen LogP contribution in [0.2, 0.25) is 0 Å². The Morgan fingerprint density at radius 3 is 2.56 bits per heavy atom. The fourth-order valence-electron chi connectivity index (χ4n) is 2.95. The molecule has 0 fully saturated rings. The molecule has 0 N–H and O–H groups in total. The van der Waals surface area contributed by atoms with Crippen LogP contribution in [-0.2, 0) is 4.79 Å². The monoisotopic (exact) mass is 345 g/mol. The van der Waals surface area contributed by atoms with Gasteiger partial charge in [-0.3, -0.25) is 9.59 Å². The number of hydrogen-bond acceptors (Lipinski definition) is 3. The van der Waals surface area contributed by atoms with Crippen LogP contribution in [0.1, 0.15) is 15.9 Å². The van der Waals surface area contributed by atoms with Gasteiger partial charge in [-0.15, -0.1) is 0 Å². The first-order chi connectivity index (χ1) is 12.2. The zero-order chi connectivity index (χ0) is 17.2. The van der Waals surface area contributed by atoms with E-state index in [9.17, 15) is 9.59 Å². The topological polar surface area (TPSA) is 37.4 Å². The molecule has 0 bridgehead atoms. The Morgan fingerprint density at radius 1 is 0.960 bits per heavy atom. The number of fused-ring (bicyclic) bond motifs is 1. The molecule has 2 aromatic carbocycles. The predicted octanol–water partition coefficient (Wildman–Crippen LogP) is 4.66. The first-order valence-corrected chi connectivity index (χ1v) is 8.93. The molecular formula is C21H15NO2S. The van der Waals surface area contributed by atoms with Gasteiger partial charge < -0.3 is 4.90 Å². The molecule has 0 radical (unpaired) electrons. The molecule has 4 heteroatoms. The fourth-order valence-corrected chi connectivity index (χ4v) is 3.61. The van der Waals surface area contributed by atoms with Gasteiger partial charge in [-0.1, -0.05) is 48.6 Å². The zero-order valence-electron chi connectivity index (χ0n) is 13.4. The summed E-state index contributed by atoms with van der Waals surface area (Å²) in [5, 5.41) is 4.03. The second-order valence-electron chi connectivity index (χ2n) is 5.80. The molecular weight excluding hydrogens is 330 g/mol. The first-order valence-electron chi connectivity index (χ1n) is 7.98. The Morgan fingerprint density at radius 2 is 1.80 bits per heavy atom. The number of rotatable bonds is 4. The number of ketones is 1. The number of amides is 1. The van der Waals surface area contributed by atoms with Gasteiger partial charge in [0.1, 0.15) is 0 Å². The summed E-state index contributed by atoms with van der Waals surface area (Å²) < 4.78 is 0. The third-order valence-corrected chi connectivity index (χ3v) is 4.91. The summed E-state index contributed by atoms with van der Waals surface area (Å²) in [7, 11) is 0. The highest BCUT2D eigenvalue weighted by molar-refractivity contribution is 7.08. The number of nitrogens with zero attached hydrogens (tertiary/aromatic N) is 1. The molecule has 1 aromatic heterocycles. The van der Waals surface area contributed by atoms with Gasteiger partial charge in [-0.2, -0.15) is 11.3 Å². The van der Waals surface area contributed by atoms with Crippen molar-refractivity contribution in [3.8, 4) is 11.1 Å². The van der Waals surface area contributed by atoms with Crippen molar-refractivity contribution in [2.45, 2.75) is 0 Å². The van der Waals surface area contributed by atoms with Gasteiger partial charge in [-0.25, -0.2) is 0 Å². The molecule has 3 nitrogen and oxygen atoms in total. The minimum absolute atomic E-state index is 0.379. The van der Waals surface area contributed by atoms with E-state index in [1.54, 1.807) is 11.3 Å². The van der Waals surface area contributed by atoms with E-state index in [2.05, 4.69) is 0 Å². The molecule has 1 aliphatic rings. The SMILES string of the molecule is O=C1C(=O)N(C/C=C/c2ccccc2)c2ccc(-c3ccsc3)cc21. The van der Waals surface area contributed by atoms with E-state index in [0.29, 0.717) is 17.8 Å². The summed E-state index contributed by atoms with van der Waals surface area (Å²) in [4.78, 5) is 26.2. The van der Waals surface area contributed by atoms with E-state index >= 15 is 0 Å². The van der Waals surface area contributed by atoms with Crippen molar-refractivity contribution in [1.82, 2.24) is 0 Å². The van der Waals surface area contributed by atoms with Crippen LogP contribution in [0, 0.1) is 0 Å². The molecule has 122 valence electrons. The lowest BCUT2D eigenvalue weighted by atomic mass is 10.0. The fraction of sp³-hybridized carbons (Fsp3) is 0.0476. The van der Waals surface area contributed by atoms with Crippen LogP contribution in [0.25, 0.3) is 17.2 Å². The first kappa shape index (κ1) is 15.5. The van der Waals surface area contributed by atoms with Crippen LogP contribution in [0.3, 0.4) is 0 Å². The Labute approximate surface area is 149 Å². The number of Topliss-reactive ketones (excluding diaryl/α,β-unsaturated/α-hetero) is 1. The number of anilines is 1. The Balaban J connectivity index is 1.60. The van der Waals surface area contributed by atoms with Gasteiger partial charge in [0, 0.05) is 6.54 Å². The molecule has 0 unspecified atom stereocenters. The molecule has 0 spiro atoms. The van der Waals surface area contributed by atoms with Crippen molar-refractivity contribution in [1.29, 1.82) is 0 Å². The maximum absolute atomic E-state index is 12.3. The van der Waals surface area contributed by atoms with E-state index in [-0.39, 0.29) is 0 Å². The minimum Gasteiger partial charge on any atom is -0.301 e. The molecule has 4 rings (SSSR count). The molecule has 0 saturated carbocycles. The smallest absolute Gasteiger partial charge is 0.299 e. The standard InChI is InChI=1S/C21H15NO2S/c23-20-18-13-16(17-10-12-25-14-17)8-9-19(18)22(21(20)24)11-4-7-15-5-2-1-3-6-15/h1-10,12-14H,11H2/b7-4+. The summed E-state index contributed by atoms with van der Waals surface area (Å²) >= 11 is 1.61. The van der Waals surface area contributed by atoms with Gasteiger partial charge in [0.2, 0.25) is 0 Å². The lowest BCUT2D eigenvalue weighted by molar-refractivity contribution is -0.114. The molecule has 25 heavy (non-hydrogen) atoms. The zero-order valence-corrected chi connectivity index (χ0v) is 14.2. The van der Waals surface area contributed by atoms with Crippen molar-refractivity contribution in [2.24, 2.45) is 0 Å². The van der Waals surface area contributed by atoms with Crippen molar-refractivity contribution >= 4 is 34.8 Å². The number of carbonyl (C=O) groups excluding carboxylic acids is 2. The van der Waals surface area contributed by atoms with Gasteiger partial charge in [-0.05, 0) is 45.6 Å². The third-order valence-electron chi connectivity index (χ3n) is 4.22. The molecule has 1 amide bonds. The second kappa shape index (κ2) is 6.49. The Hall–Kier alpha value is -2.98. The van der Waals surface area contributed by atoms with Crippen LogP contribution in [0.5, 0.6) is 0 Å². The number of carbonyl (C=O) groups is 2. The summed E-state index contributed by atoms with van der Waals surface area (Å²) in [6.45, 7) is 0.379. The van der Waals surface area contributed by atoms with E-state index in [1.807, 2.05) is 77.5 Å². The van der Waals surface area contributed by atoms with Crippen LogP contribution in [-0.4, -0.2) is 18.2 Å². The molecule has 0 aliphatic carbocycles. The summed E-state index contributed by atoms with van der Waals surface area (Å²) in [6.07, 6.45) is 3.86. The summed E-state index contributed by atoms with van der Waals surface area (Å²) in [5.74, 6) is -0.893. The third kappa shape index (κ3) is 2.92. The highest BCUT2D eigenvalue weighted by Gasteiger charge is 2.35. The quantitative estimate of drug-likeness (QED) is 0.645. The van der Waals surface area contributed by atoms with E-state index in [0.717, 1.165) is 16.7 Å². The van der Waals surface area contributed by atoms with Gasteiger partial charge >= 0.3 is 0 Å². The van der Waals surface area contributed by atoms with Crippen LogP contribution in [0.4, 0.5) is 5.69 Å². The normalized spacial score (nSPS) is 13.7. The second-order valence-corrected chi connectivity index (χ2v) is 6.58. The van der Waals surface area contributed by atoms with E-state index in [1.165, 1.54) is 4.90 Å². The van der Waals surface area contributed by atoms with Crippen LogP contribution >= 0.6 is 11.3 Å². The van der Waals surface area contributed by atoms with Crippen molar-refractivity contribution in [2.75, 3.05) is 11.4 Å². The average molecular weight is 345 g/mol. The molecule has 1 aliphatic heterocycles. The lowest BCUT2D eigenvalue weighted by Gasteiger charge is -2.14. The summed E-state index contributed by atoms with van der Waals surface area (Å²) in [6, 6.07) is 17.5. The molecule has 0 saturated heterocycles. The molecule has 0 atom stereocenters. The maximum atomic E-state index is 12.3. The maximum Gasteiger partial charge on any atom is 0.299 e. The van der Waals surface area contributed by atoms with E-state index in [4.69, 9.17) is 0 Å². The van der Waals surface area contributed by atoms with Gasteiger partial charge in [0.15, 0.2) is 0 Å². The highest BCUT2D eigenvalue weighted by Crippen LogP contribution is 2.33. The van der Waals surface area contributed by atoms with Crippen LogP contribution < -0.4 is 4.90 Å². The summed E-state index contributed by atoms with van der Waals surface area (Å²) in [5.41, 5.74) is 4.26. The van der Waals surface area contributed by atoms with Crippen molar-refractivity contribution in [3.63, 3.8) is 0 Å². The predicted molar refractivity (Wildman–Crippen MR) is 102 cm³/mol. The molecule has 2 heterocycles.